The fraction of sp³-hybridized carbons (Fsp3) is 1.00. The summed E-state index contributed by atoms with van der Waals surface area (Å²) in [7, 11) is -3.32. The van der Waals surface area contributed by atoms with Crippen LogP contribution in [-0.4, -0.2) is 28.5 Å². The van der Waals surface area contributed by atoms with Gasteiger partial charge in [0, 0.05) is 11.1 Å². The number of hydrogen-bond acceptors (Lipinski definition) is 2. The Hall–Kier alpha value is -0.0900. The van der Waals surface area contributed by atoms with Gasteiger partial charge in [0.05, 0.1) is 4.75 Å². The van der Waals surface area contributed by atoms with E-state index in [2.05, 4.69) is 0 Å². The van der Waals surface area contributed by atoms with Gasteiger partial charge in [-0.1, -0.05) is 0 Å². The van der Waals surface area contributed by atoms with E-state index in [1.807, 2.05) is 41.5 Å². The van der Waals surface area contributed by atoms with Crippen LogP contribution in [0.15, 0.2) is 0 Å². The Morgan fingerprint density at radius 2 is 0.938 bits per heavy atom. The Morgan fingerprint density at radius 1 is 0.688 bits per heavy atom. The SMILES string of the molecule is CC(C)(C)N(C(C)(C)C)S(=O)(=O)C(C)(C)C. The van der Waals surface area contributed by atoms with Crippen molar-refractivity contribution in [2.24, 2.45) is 0 Å². The molecule has 0 saturated carbocycles. The molecule has 0 rings (SSSR count). The zero-order valence-electron chi connectivity index (χ0n) is 12.2. The van der Waals surface area contributed by atoms with Crippen molar-refractivity contribution in [3.63, 3.8) is 0 Å². The summed E-state index contributed by atoms with van der Waals surface area (Å²) >= 11 is 0. The summed E-state index contributed by atoms with van der Waals surface area (Å²) < 4.78 is 26.0. The summed E-state index contributed by atoms with van der Waals surface area (Å²) in [5, 5.41) is 0. The second-order valence-corrected chi connectivity index (χ2v) is 9.76. The topological polar surface area (TPSA) is 37.4 Å². The van der Waals surface area contributed by atoms with Gasteiger partial charge in [0.15, 0.2) is 0 Å². The third-order valence-corrected chi connectivity index (χ3v) is 5.36. The summed E-state index contributed by atoms with van der Waals surface area (Å²) in [6, 6.07) is 0. The highest BCUT2D eigenvalue weighted by atomic mass is 32.2. The van der Waals surface area contributed by atoms with Gasteiger partial charge >= 0.3 is 0 Å². The van der Waals surface area contributed by atoms with Gasteiger partial charge in [-0.05, 0) is 62.3 Å². The molecule has 0 aliphatic carbocycles. The van der Waals surface area contributed by atoms with Crippen molar-refractivity contribution >= 4 is 10.0 Å². The molecular formula is C12H27NO2S. The third kappa shape index (κ3) is 3.20. The first kappa shape index (κ1) is 15.9. The van der Waals surface area contributed by atoms with Crippen molar-refractivity contribution in [3.8, 4) is 0 Å². The van der Waals surface area contributed by atoms with Crippen LogP contribution in [0.1, 0.15) is 62.3 Å². The number of rotatable bonds is 1. The van der Waals surface area contributed by atoms with Gasteiger partial charge < -0.3 is 0 Å². The normalized spacial score (nSPS) is 15.6. The summed E-state index contributed by atoms with van der Waals surface area (Å²) in [6.07, 6.45) is 0. The van der Waals surface area contributed by atoms with Gasteiger partial charge in [0.1, 0.15) is 0 Å². The van der Waals surface area contributed by atoms with E-state index in [4.69, 9.17) is 0 Å². The molecule has 0 aliphatic rings. The minimum absolute atomic E-state index is 0.412. The zero-order chi connectivity index (χ0) is 13.6. The van der Waals surface area contributed by atoms with Crippen LogP contribution in [0.2, 0.25) is 0 Å². The maximum atomic E-state index is 12.6. The highest BCUT2D eigenvalue weighted by Crippen LogP contribution is 2.34. The van der Waals surface area contributed by atoms with Gasteiger partial charge in [-0.25, -0.2) is 8.42 Å². The number of sulfonamides is 1. The first-order valence-corrected chi connectivity index (χ1v) is 7.11. The maximum absolute atomic E-state index is 12.6. The molecule has 98 valence electrons. The van der Waals surface area contributed by atoms with Crippen molar-refractivity contribution in [1.29, 1.82) is 0 Å². The number of hydrogen-bond donors (Lipinski definition) is 0. The highest BCUT2D eigenvalue weighted by Gasteiger charge is 2.46. The van der Waals surface area contributed by atoms with Crippen LogP contribution in [0, 0.1) is 0 Å². The van der Waals surface area contributed by atoms with Crippen molar-refractivity contribution in [1.82, 2.24) is 4.31 Å². The van der Waals surface area contributed by atoms with Crippen LogP contribution >= 0.6 is 0 Å². The molecule has 0 aromatic carbocycles. The molecule has 0 radical (unpaired) electrons. The fourth-order valence-corrected chi connectivity index (χ4v) is 3.99. The van der Waals surface area contributed by atoms with E-state index >= 15 is 0 Å². The molecule has 0 saturated heterocycles. The van der Waals surface area contributed by atoms with Gasteiger partial charge in [-0.3, -0.25) is 0 Å². The average Bonchev–Trinajstić information content (AvgIpc) is 1.72. The largest absolute Gasteiger partial charge is 0.219 e. The summed E-state index contributed by atoms with van der Waals surface area (Å²) in [4.78, 5) is 0. The van der Waals surface area contributed by atoms with E-state index in [0.29, 0.717) is 0 Å². The minimum atomic E-state index is -3.32. The van der Waals surface area contributed by atoms with Crippen molar-refractivity contribution in [2.45, 2.75) is 78.1 Å². The molecule has 0 heterocycles. The lowest BCUT2D eigenvalue weighted by molar-refractivity contribution is 0.136. The van der Waals surface area contributed by atoms with Crippen LogP contribution in [0.3, 0.4) is 0 Å². The van der Waals surface area contributed by atoms with Crippen LogP contribution in [0.5, 0.6) is 0 Å². The van der Waals surface area contributed by atoms with Crippen molar-refractivity contribution in [3.05, 3.63) is 0 Å². The van der Waals surface area contributed by atoms with E-state index in [9.17, 15) is 8.42 Å². The molecule has 16 heavy (non-hydrogen) atoms. The van der Waals surface area contributed by atoms with Crippen LogP contribution in [0.25, 0.3) is 0 Å². The Kier molecular flexibility index (Phi) is 3.96. The predicted octanol–water partition coefficient (Wildman–Crippen LogP) is 3.01. The molecule has 3 nitrogen and oxygen atoms in total. The Morgan fingerprint density at radius 3 is 1.00 bits per heavy atom. The van der Waals surface area contributed by atoms with Crippen molar-refractivity contribution in [2.75, 3.05) is 0 Å². The summed E-state index contributed by atoms with van der Waals surface area (Å²) in [6.45, 7) is 16.8. The Labute approximate surface area is 101 Å². The molecular weight excluding hydrogens is 222 g/mol. The highest BCUT2D eigenvalue weighted by molar-refractivity contribution is 7.90. The van der Waals surface area contributed by atoms with E-state index in [1.165, 1.54) is 0 Å². The van der Waals surface area contributed by atoms with Gasteiger partial charge in [-0.2, -0.15) is 4.31 Å². The van der Waals surface area contributed by atoms with E-state index < -0.39 is 25.8 Å². The smallest absolute Gasteiger partial charge is 0.212 e. The lowest BCUT2D eigenvalue weighted by Gasteiger charge is -2.46. The van der Waals surface area contributed by atoms with Crippen molar-refractivity contribution < 1.29 is 8.42 Å². The molecule has 0 aromatic rings. The molecule has 0 aromatic heterocycles. The fourth-order valence-electron chi connectivity index (χ4n) is 2.00. The molecule has 0 atom stereocenters. The minimum Gasteiger partial charge on any atom is -0.212 e. The molecule has 4 heteroatoms. The first-order chi connectivity index (χ1) is 6.62. The average molecular weight is 249 g/mol. The molecule has 0 bridgehead atoms. The van der Waals surface area contributed by atoms with Crippen LogP contribution in [-0.2, 0) is 10.0 Å². The molecule has 0 spiro atoms. The zero-order valence-corrected chi connectivity index (χ0v) is 13.0. The van der Waals surface area contributed by atoms with E-state index in [0.717, 1.165) is 0 Å². The maximum Gasteiger partial charge on any atom is 0.219 e. The molecule has 0 fully saturated rings. The molecule has 0 amide bonds. The van der Waals surface area contributed by atoms with Gasteiger partial charge in [-0.15, -0.1) is 0 Å². The standard InChI is InChI=1S/C12H27NO2S/c1-10(2,3)13(11(4,5)6)16(14,15)12(7,8)9/h1-9H3. The van der Waals surface area contributed by atoms with Crippen LogP contribution in [0.4, 0.5) is 0 Å². The third-order valence-electron chi connectivity index (χ3n) is 2.23. The Balaban J connectivity index is 5.78. The summed E-state index contributed by atoms with van der Waals surface area (Å²) in [5.74, 6) is 0. The molecule has 0 N–H and O–H groups in total. The monoisotopic (exact) mass is 249 g/mol. The first-order valence-electron chi connectivity index (χ1n) is 5.67. The lowest BCUT2D eigenvalue weighted by atomic mass is 10.0. The molecule has 0 aliphatic heterocycles. The second-order valence-electron chi connectivity index (χ2n) is 7.22. The lowest BCUT2D eigenvalue weighted by Crippen LogP contribution is -2.59. The second kappa shape index (κ2) is 3.98. The number of nitrogens with zero attached hydrogens (tertiary/aromatic N) is 1. The van der Waals surface area contributed by atoms with Crippen LogP contribution < -0.4 is 0 Å². The quantitative estimate of drug-likeness (QED) is 0.716. The van der Waals surface area contributed by atoms with E-state index in [-0.39, 0.29) is 0 Å². The van der Waals surface area contributed by atoms with Gasteiger partial charge in [0.25, 0.3) is 0 Å². The molecule has 0 unspecified atom stereocenters. The van der Waals surface area contributed by atoms with Gasteiger partial charge in [0.2, 0.25) is 10.0 Å². The Bertz CT molecular complexity index is 323. The predicted molar refractivity (Wildman–Crippen MR) is 70.0 cm³/mol. The summed E-state index contributed by atoms with van der Waals surface area (Å²) in [5.41, 5.74) is -0.825. The van der Waals surface area contributed by atoms with E-state index in [1.54, 1.807) is 25.1 Å².